The van der Waals surface area contributed by atoms with E-state index in [1.165, 1.54) is 12.3 Å². The number of nitrogens with one attached hydrogen (secondary N) is 1. The quantitative estimate of drug-likeness (QED) is 0.271. The van der Waals surface area contributed by atoms with Crippen molar-refractivity contribution in [3.63, 3.8) is 0 Å². The van der Waals surface area contributed by atoms with E-state index in [-0.39, 0.29) is 23.7 Å². The minimum atomic E-state index is -0.738. The van der Waals surface area contributed by atoms with Gasteiger partial charge in [-0.2, -0.15) is 5.10 Å². The van der Waals surface area contributed by atoms with Crippen LogP contribution in [-0.4, -0.2) is 28.8 Å². The van der Waals surface area contributed by atoms with E-state index in [0.717, 1.165) is 15.9 Å². The van der Waals surface area contributed by atoms with E-state index < -0.39 is 22.3 Å². The third-order valence-electron chi connectivity index (χ3n) is 3.71. The lowest BCUT2D eigenvalue weighted by Crippen LogP contribution is -2.16. The van der Waals surface area contributed by atoms with Crippen molar-refractivity contribution in [3.8, 4) is 11.5 Å². The van der Waals surface area contributed by atoms with Crippen LogP contribution < -0.4 is 10.2 Å². The molecule has 0 spiro atoms. The lowest BCUT2D eigenvalue weighted by molar-refractivity contribution is -0.386. The molecule has 0 atom stereocenters. The Balaban J connectivity index is 1.81. The summed E-state index contributed by atoms with van der Waals surface area (Å²) in [6.45, 7) is 1.89. The molecule has 2 aromatic carbocycles. The first kappa shape index (κ1) is 20.8. The van der Waals surface area contributed by atoms with Crippen molar-refractivity contribution >= 4 is 60.6 Å². The van der Waals surface area contributed by atoms with Crippen LogP contribution in [0.5, 0.6) is 11.5 Å². The van der Waals surface area contributed by atoms with Gasteiger partial charge in [-0.15, -0.1) is 0 Å². The van der Waals surface area contributed by atoms with Crippen LogP contribution in [0.1, 0.15) is 23.0 Å². The highest BCUT2D eigenvalue weighted by Crippen LogP contribution is 2.36. The molecular formula is C18H13Br2N3O6. The average Bonchev–Trinajstić information content (AvgIpc) is 3.08. The van der Waals surface area contributed by atoms with Crippen molar-refractivity contribution in [1.29, 1.82) is 0 Å². The highest BCUT2D eigenvalue weighted by atomic mass is 79.9. The fourth-order valence-corrected chi connectivity index (χ4v) is 3.84. The number of amides is 1. The third-order valence-corrected chi connectivity index (χ3v) is 4.76. The predicted molar refractivity (Wildman–Crippen MR) is 113 cm³/mol. The van der Waals surface area contributed by atoms with E-state index in [1.807, 2.05) is 0 Å². The summed E-state index contributed by atoms with van der Waals surface area (Å²) < 4.78 is 12.2. The number of carbonyl (C=O) groups is 1. The Hall–Kier alpha value is -2.92. The summed E-state index contributed by atoms with van der Waals surface area (Å²) in [5, 5.41) is 25.5. The number of ether oxygens (including phenoxy) is 1. The molecule has 3 aromatic rings. The number of rotatable bonds is 6. The number of carbonyl (C=O) groups excluding carboxylic acids is 1. The number of hydrogen-bond donors (Lipinski definition) is 2. The minimum Gasteiger partial charge on any atom is -0.500 e. The summed E-state index contributed by atoms with van der Waals surface area (Å²) in [7, 11) is 0. The smallest absolute Gasteiger partial charge is 0.315 e. The molecule has 0 saturated carbocycles. The molecule has 0 unspecified atom stereocenters. The molecule has 0 aliphatic rings. The van der Waals surface area contributed by atoms with Crippen LogP contribution in [0.2, 0.25) is 0 Å². The van der Waals surface area contributed by atoms with Gasteiger partial charge in [-0.3, -0.25) is 14.9 Å². The van der Waals surface area contributed by atoms with Gasteiger partial charge in [0.2, 0.25) is 5.75 Å². The van der Waals surface area contributed by atoms with E-state index >= 15 is 0 Å². The molecule has 0 bridgehead atoms. The van der Waals surface area contributed by atoms with E-state index in [9.17, 15) is 20.0 Å². The second kappa shape index (κ2) is 8.62. The number of hydrogen-bond acceptors (Lipinski definition) is 7. The van der Waals surface area contributed by atoms with E-state index in [1.54, 1.807) is 25.1 Å². The minimum absolute atomic E-state index is 0.0441. The Morgan fingerprint density at radius 1 is 1.34 bits per heavy atom. The van der Waals surface area contributed by atoms with Gasteiger partial charge in [0.1, 0.15) is 5.58 Å². The fourth-order valence-electron chi connectivity index (χ4n) is 2.50. The Morgan fingerprint density at radius 2 is 2.10 bits per heavy atom. The SMILES string of the molecule is CCOc1cc(/C=N\NC(=O)c2cc3cc(Br)cc(Br)c3o2)cc([N+](=O)[O-])c1O. The molecule has 3 rings (SSSR count). The molecule has 0 saturated heterocycles. The maximum Gasteiger partial charge on any atom is 0.315 e. The molecule has 0 aliphatic carbocycles. The highest BCUT2D eigenvalue weighted by Gasteiger charge is 2.20. The second-order valence-corrected chi connectivity index (χ2v) is 7.46. The number of hydrazone groups is 1. The predicted octanol–water partition coefficient (Wildman–Crippen LogP) is 4.73. The Bertz CT molecular complexity index is 1140. The van der Waals surface area contributed by atoms with Crippen molar-refractivity contribution in [2.45, 2.75) is 6.92 Å². The lowest BCUT2D eigenvalue weighted by Gasteiger charge is -2.07. The molecule has 0 radical (unpaired) electrons. The molecule has 0 aliphatic heterocycles. The monoisotopic (exact) mass is 525 g/mol. The molecule has 11 heteroatoms. The summed E-state index contributed by atoms with van der Waals surface area (Å²) in [6.07, 6.45) is 1.20. The normalized spacial score (nSPS) is 11.1. The van der Waals surface area contributed by atoms with Crippen molar-refractivity contribution in [2.24, 2.45) is 5.10 Å². The number of fused-ring (bicyclic) bond motifs is 1. The lowest BCUT2D eigenvalue weighted by atomic mass is 10.2. The van der Waals surface area contributed by atoms with Crippen LogP contribution in [0.3, 0.4) is 0 Å². The fraction of sp³-hybridized carbons (Fsp3) is 0.111. The summed E-state index contributed by atoms with van der Waals surface area (Å²) >= 11 is 6.73. The van der Waals surface area contributed by atoms with E-state index in [2.05, 4.69) is 42.4 Å². The number of phenols is 1. The molecule has 2 N–H and O–H groups in total. The molecule has 1 aromatic heterocycles. The van der Waals surface area contributed by atoms with Crippen LogP contribution in [-0.2, 0) is 0 Å². The number of furan rings is 1. The van der Waals surface area contributed by atoms with Crippen molar-refractivity contribution in [3.05, 3.63) is 60.7 Å². The molecule has 1 heterocycles. The maximum atomic E-state index is 12.3. The Kier molecular flexibility index (Phi) is 6.18. The van der Waals surface area contributed by atoms with Crippen molar-refractivity contribution in [1.82, 2.24) is 5.43 Å². The Labute approximate surface area is 180 Å². The van der Waals surface area contributed by atoms with Gasteiger partial charge in [0, 0.05) is 21.5 Å². The first-order valence-electron chi connectivity index (χ1n) is 8.16. The number of halogens is 2. The zero-order chi connectivity index (χ0) is 21.1. The van der Waals surface area contributed by atoms with Gasteiger partial charge >= 0.3 is 11.6 Å². The van der Waals surface area contributed by atoms with Gasteiger partial charge in [-0.05, 0) is 47.1 Å². The number of nitrogens with zero attached hydrogens (tertiary/aromatic N) is 2. The van der Waals surface area contributed by atoms with Crippen LogP contribution in [0.25, 0.3) is 11.0 Å². The first-order chi connectivity index (χ1) is 13.8. The zero-order valence-electron chi connectivity index (χ0n) is 14.8. The number of nitro benzene ring substituents is 1. The zero-order valence-corrected chi connectivity index (χ0v) is 18.0. The number of aromatic hydroxyl groups is 1. The first-order valence-corrected chi connectivity index (χ1v) is 9.75. The number of nitro groups is 1. The largest absolute Gasteiger partial charge is 0.500 e. The number of phenolic OH excluding ortho intramolecular Hbond substituents is 1. The van der Waals surface area contributed by atoms with Crippen LogP contribution in [0.4, 0.5) is 5.69 Å². The average molecular weight is 527 g/mol. The second-order valence-electron chi connectivity index (χ2n) is 5.69. The van der Waals surface area contributed by atoms with Crippen LogP contribution >= 0.6 is 31.9 Å². The van der Waals surface area contributed by atoms with Gasteiger partial charge in [0.25, 0.3) is 0 Å². The van der Waals surface area contributed by atoms with Gasteiger partial charge < -0.3 is 14.3 Å². The summed E-state index contributed by atoms with van der Waals surface area (Å²) in [5.74, 6) is -1.18. The molecule has 29 heavy (non-hydrogen) atoms. The van der Waals surface area contributed by atoms with Gasteiger partial charge in [0.05, 0.1) is 22.2 Å². The van der Waals surface area contributed by atoms with Gasteiger partial charge in [-0.25, -0.2) is 5.43 Å². The topological polar surface area (TPSA) is 127 Å². The van der Waals surface area contributed by atoms with E-state index in [0.29, 0.717) is 10.1 Å². The Morgan fingerprint density at radius 3 is 2.79 bits per heavy atom. The summed E-state index contributed by atoms with van der Waals surface area (Å²) in [4.78, 5) is 22.6. The molecule has 150 valence electrons. The third kappa shape index (κ3) is 4.57. The van der Waals surface area contributed by atoms with Crippen molar-refractivity contribution < 1.29 is 24.0 Å². The molecule has 1 amide bonds. The summed E-state index contributed by atoms with van der Waals surface area (Å²) in [6, 6.07) is 7.64. The number of benzene rings is 2. The van der Waals surface area contributed by atoms with E-state index in [4.69, 9.17) is 9.15 Å². The maximum absolute atomic E-state index is 12.3. The molecular weight excluding hydrogens is 514 g/mol. The molecule has 9 nitrogen and oxygen atoms in total. The van der Waals surface area contributed by atoms with Crippen LogP contribution in [0.15, 0.2) is 48.8 Å². The highest BCUT2D eigenvalue weighted by molar-refractivity contribution is 9.11. The van der Waals surface area contributed by atoms with Crippen molar-refractivity contribution in [2.75, 3.05) is 6.61 Å². The standard InChI is InChI=1S/C18H13Br2N3O6/c1-2-28-14-4-9(3-13(16(14)24)23(26)27)8-21-22-18(25)15-6-10-5-11(19)7-12(20)17(10)29-15/h3-8,24H,2H2,1H3,(H,22,25)/b21-8-. The van der Waals surface area contributed by atoms with Gasteiger partial charge in [0.15, 0.2) is 11.5 Å². The summed E-state index contributed by atoms with van der Waals surface area (Å²) in [5.41, 5.74) is 2.53. The molecule has 0 fully saturated rings. The van der Waals surface area contributed by atoms with Crippen LogP contribution in [0, 0.1) is 10.1 Å². The van der Waals surface area contributed by atoms with Gasteiger partial charge in [-0.1, -0.05) is 15.9 Å².